The number of rotatable bonds is 4. The van der Waals surface area contributed by atoms with Crippen molar-refractivity contribution in [2.24, 2.45) is 0 Å². The minimum absolute atomic E-state index is 0.150. The average Bonchev–Trinajstić information content (AvgIpc) is 3.33. The van der Waals surface area contributed by atoms with Crippen LogP contribution in [-0.4, -0.2) is 51.5 Å². The summed E-state index contributed by atoms with van der Waals surface area (Å²) in [6.45, 7) is 4.38. The molecule has 184 valence electrons. The van der Waals surface area contributed by atoms with E-state index in [1.54, 1.807) is 23.4 Å². The first-order chi connectivity index (χ1) is 18.1. The number of nitrogens with zero attached hydrogens (tertiary/aromatic N) is 5. The second-order valence-electron chi connectivity index (χ2n) is 9.30. The topological polar surface area (TPSA) is 54.3 Å². The van der Waals surface area contributed by atoms with Crippen LogP contribution in [0, 0.1) is 12.7 Å². The van der Waals surface area contributed by atoms with Gasteiger partial charge in [-0.1, -0.05) is 48.5 Å². The first-order valence-electron chi connectivity index (χ1n) is 12.4. The second kappa shape index (κ2) is 9.50. The normalized spacial score (nSPS) is 13.8. The van der Waals surface area contributed by atoms with Gasteiger partial charge < -0.3 is 14.4 Å². The van der Waals surface area contributed by atoms with Crippen LogP contribution in [0.2, 0.25) is 0 Å². The molecule has 1 aliphatic heterocycles. The zero-order valence-corrected chi connectivity index (χ0v) is 20.5. The quantitative estimate of drug-likeness (QED) is 0.333. The van der Waals surface area contributed by atoms with Crippen LogP contribution in [0.3, 0.4) is 0 Å². The van der Waals surface area contributed by atoms with E-state index in [0.29, 0.717) is 31.7 Å². The van der Waals surface area contributed by atoms with E-state index >= 15 is 0 Å². The summed E-state index contributed by atoms with van der Waals surface area (Å²) in [5, 5.41) is 0.986. The molecule has 1 aliphatic rings. The van der Waals surface area contributed by atoms with Crippen molar-refractivity contribution in [1.29, 1.82) is 0 Å². The van der Waals surface area contributed by atoms with Gasteiger partial charge in [0.25, 0.3) is 5.91 Å². The third-order valence-electron chi connectivity index (χ3n) is 6.87. The van der Waals surface area contributed by atoms with Gasteiger partial charge in [0.2, 0.25) is 0 Å². The molecule has 1 fully saturated rings. The van der Waals surface area contributed by atoms with E-state index < -0.39 is 5.82 Å². The summed E-state index contributed by atoms with van der Waals surface area (Å²) >= 11 is 0. The third kappa shape index (κ3) is 4.33. The third-order valence-corrected chi connectivity index (χ3v) is 6.87. The van der Waals surface area contributed by atoms with Gasteiger partial charge in [0, 0.05) is 49.2 Å². The smallest absolute Gasteiger partial charge is 0.254 e. The van der Waals surface area contributed by atoms with E-state index in [1.807, 2.05) is 18.2 Å². The van der Waals surface area contributed by atoms with Crippen molar-refractivity contribution in [3.05, 3.63) is 108 Å². The summed E-state index contributed by atoms with van der Waals surface area (Å²) in [7, 11) is 0. The number of piperazine rings is 1. The Hall–Kier alpha value is -4.52. The van der Waals surface area contributed by atoms with Gasteiger partial charge >= 0.3 is 0 Å². The number of fused-ring (bicyclic) bond motifs is 1. The molecule has 6 rings (SSSR count). The van der Waals surface area contributed by atoms with Crippen molar-refractivity contribution in [2.45, 2.75) is 6.92 Å². The van der Waals surface area contributed by atoms with Crippen LogP contribution in [0.1, 0.15) is 15.9 Å². The first-order valence-corrected chi connectivity index (χ1v) is 12.4. The molecule has 7 heteroatoms. The molecule has 0 N–H and O–H groups in total. The lowest BCUT2D eigenvalue weighted by Gasteiger charge is -2.35. The van der Waals surface area contributed by atoms with Crippen LogP contribution in [0.4, 0.5) is 10.2 Å². The number of carbonyl (C=O) groups is 1. The molecule has 0 bridgehead atoms. The first kappa shape index (κ1) is 22.9. The Morgan fingerprint density at radius 1 is 0.865 bits per heavy atom. The number of benzene rings is 3. The molecule has 3 aromatic carbocycles. The molecule has 0 saturated carbocycles. The summed E-state index contributed by atoms with van der Waals surface area (Å²) in [5.41, 5.74) is 5.59. The van der Waals surface area contributed by atoms with Crippen LogP contribution in [0.25, 0.3) is 27.8 Å². The van der Waals surface area contributed by atoms with Crippen LogP contribution in [0.5, 0.6) is 0 Å². The number of aromatic nitrogens is 3. The molecule has 6 nitrogen and oxygen atoms in total. The Kier molecular flexibility index (Phi) is 5.88. The molecule has 37 heavy (non-hydrogen) atoms. The van der Waals surface area contributed by atoms with Gasteiger partial charge in [-0.25, -0.2) is 14.4 Å². The number of hydrogen-bond acceptors (Lipinski definition) is 4. The summed E-state index contributed by atoms with van der Waals surface area (Å²) < 4.78 is 15.8. The molecule has 2 aromatic heterocycles. The van der Waals surface area contributed by atoms with E-state index in [0.717, 1.165) is 33.7 Å². The zero-order valence-electron chi connectivity index (χ0n) is 20.5. The van der Waals surface area contributed by atoms with Gasteiger partial charge in [0.1, 0.15) is 18.0 Å². The molecule has 5 aromatic rings. The van der Waals surface area contributed by atoms with Crippen LogP contribution < -0.4 is 4.90 Å². The van der Waals surface area contributed by atoms with Gasteiger partial charge in [0.15, 0.2) is 5.65 Å². The highest BCUT2D eigenvalue weighted by molar-refractivity contribution is 6.02. The van der Waals surface area contributed by atoms with Crippen molar-refractivity contribution >= 4 is 22.8 Å². The summed E-state index contributed by atoms with van der Waals surface area (Å²) in [5.74, 6) is 0.301. The SMILES string of the molecule is Cc1cccc(-n2cc(-c3ccccc3)c3c(N4CCN(C(=O)c5cccc(F)c5)CC4)ncnc32)c1. The number of aryl methyl sites for hydroxylation is 1. The largest absolute Gasteiger partial charge is 0.352 e. The average molecular weight is 492 g/mol. The summed E-state index contributed by atoms with van der Waals surface area (Å²) in [6.07, 6.45) is 3.75. The van der Waals surface area contributed by atoms with E-state index in [9.17, 15) is 9.18 Å². The number of anilines is 1. The minimum Gasteiger partial charge on any atom is -0.352 e. The lowest BCUT2D eigenvalue weighted by Crippen LogP contribution is -2.49. The zero-order chi connectivity index (χ0) is 25.4. The lowest BCUT2D eigenvalue weighted by molar-refractivity contribution is 0.0746. The number of amides is 1. The molecular formula is C30H26FN5O. The maximum Gasteiger partial charge on any atom is 0.254 e. The van der Waals surface area contributed by atoms with Crippen LogP contribution >= 0.6 is 0 Å². The molecule has 0 unspecified atom stereocenters. The van der Waals surface area contributed by atoms with Gasteiger partial charge in [-0.05, 0) is 48.4 Å². The van der Waals surface area contributed by atoms with Gasteiger partial charge in [-0.3, -0.25) is 4.79 Å². The molecule has 0 radical (unpaired) electrons. The maximum absolute atomic E-state index is 13.7. The van der Waals surface area contributed by atoms with Crippen molar-refractivity contribution in [3.63, 3.8) is 0 Å². The predicted octanol–water partition coefficient (Wildman–Crippen LogP) is 5.50. The fourth-order valence-electron chi connectivity index (χ4n) is 5.02. The Morgan fingerprint density at radius 2 is 1.65 bits per heavy atom. The molecule has 0 atom stereocenters. The van der Waals surface area contributed by atoms with E-state index in [2.05, 4.69) is 59.0 Å². The molecule has 0 spiro atoms. The van der Waals surface area contributed by atoms with Gasteiger partial charge in [0.05, 0.1) is 5.39 Å². The molecular weight excluding hydrogens is 465 g/mol. The van der Waals surface area contributed by atoms with Crippen molar-refractivity contribution in [2.75, 3.05) is 31.1 Å². The lowest BCUT2D eigenvalue weighted by atomic mass is 10.1. The highest BCUT2D eigenvalue weighted by Gasteiger charge is 2.26. The molecule has 1 amide bonds. The number of hydrogen-bond donors (Lipinski definition) is 0. The fourth-order valence-corrected chi connectivity index (χ4v) is 5.02. The number of carbonyl (C=O) groups excluding carboxylic acids is 1. The highest BCUT2D eigenvalue weighted by Crippen LogP contribution is 2.37. The Balaban J connectivity index is 1.38. The summed E-state index contributed by atoms with van der Waals surface area (Å²) in [6, 6.07) is 24.5. The summed E-state index contributed by atoms with van der Waals surface area (Å²) in [4.78, 5) is 26.4. The Morgan fingerprint density at radius 3 is 2.41 bits per heavy atom. The minimum atomic E-state index is -0.403. The van der Waals surface area contributed by atoms with Crippen LogP contribution in [0.15, 0.2) is 91.4 Å². The standard InChI is InChI=1S/C30H26FN5O/c1-21-7-5-12-25(17-21)36-19-26(22-8-3-2-4-9-22)27-28(32-20-33-29(27)36)34-13-15-35(16-14-34)30(37)23-10-6-11-24(31)18-23/h2-12,17-20H,13-16H2,1H3. The molecule has 1 saturated heterocycles. The van der Waals surface area contributed by atoms with Crippen LogP contribution in [-0.2, 0) is 0 Å². The van der Waals surface area contributed by atoms with Crippen molar-refractivity contribution in [3.8, 4) is 16.8 Å². The second-order valence-corrected chi connectivity index (χ2v) is 9.30. The predicted molar refractivity (Wildman–Crippen MR) is 144 cm³/mol. The van der Waals surface area contributed by atoms with E-state index in [-0.39, 0.29) is 5.91 Å². The van der Waals surface area contributed by atoms with Gasteiger partial charge in [-0.2, -0.15) is 0 Å². The number of halogens is 1. The highest BCUT2D eigenvalue weighted by atomic mass is 19.1. The Labute approximate surface area is 214 Å². The molecule has 0 aliphatic carbocycles. The van der Waals surface area contributed by atoms with Gasteiger partial charge in [-0.15, -0.1) is 0 Å². The Bertz CT molecular complexity index is 1590. The molecule has 3 heterocycles. The van der Waals surface area contributed by atoms with E-state index in [1.165, 1.54) is 17.7 Å². The monoisotopic (exact) mass is 491 g/mol. The van der Waals surface area contributed by atoms with E-state index in [4.69, 9.17) is 9.97 Å². The van der Waals surface area contributed by atoms with Crippen molar-refractivity contribution in [1.82, 2.24) is 19.4 Å². The maximum atomic E-state index is 13.7. The fraction of sp³-hybridized carbons (Fsp3) is 0.167. The van der Waals surface area contributed by atoms with Crippen molar-refractivity contribution < 1.29 is 9.18 Å².